The van der Waals surface area contributed by atoms with Crippen LogP contribution in [0, 0.1) is 11.8 Å². The van der Waals surface area contributed by atoms with E-state index in [9.17, 15) is 0 Å². The Kier molecular flexibility index (Phi) is 3.81. The Labute approximate surface area is 96.9 Å². The van der Waals surface area contributed by atoms with E-state index in [4.69, 9.17) is 0 Å². The van der Waals surface area contributed by atoms with Gasteiger partial charge in [0.25, 0.3) is 0 Å². The van der Waals surface area contributed by atoms with Crippen LogP contribution in [0.2, 0.25) is 0 Å². The molecule has 0 amide bonds. The summed E-state index contributed by atoms with van der Waals surface area (Å²) < 4.78 is 0. The van der Waals surface area contributed by atoms with Crippen molar-refractivity contribution in [1.82, 2.24) is 5.32 Å². The molecule has 1 N–H and O–H groups in total. The van der Waals surface area contributed by atoms with Crippen LogP contribution in [-0.2, 0) is 0 Å². The van der Waals surface area contributed by atoms with E-state index in [0.717, 1.165) is 17.8 Å². The second kappa shape index (κ2) is 5.13. The molecular weight excluding hydrogens is 202 g/mol. The van der Waals surface area contributed by atoms with E-state index in [1.54, 1.807) is 5.56 Å². The molecule has 2 atom stereocenters. The van der Waals surface area contributed by atoms with Crippen molar-refractivity contribution < 1.29 is 0 Å². The lowest BCUT2D eigenvalue weighted by Crippen LogP contribution is -2.35. The van der Waals surface area contributed by atoms with Crippen LogP contribution in [0.15, 0.2) is 16.8 Å². The van der Waals surface area contributed by atoms with Gasteiger partial charge in [-0.2, -0.15) is 11.3 Å². The van der Waals surface area contributed by atoms with Gasteiger partial charge in [0, 0.05) is 0 Å². The summed E-state index contributed by atoms with van der Waals surface area (Å²) in [4.78, 5) is 0. The zero-order valence-corrected chi connectivity index (χ0v) is 10.5. The van der Waals surface area contributed by atoms with Crippen LogP contribution >= 0.6 is 11.3 Å². The van der Waals surface area contributed by atoms with Gasteiger partial charge >= 0.3 is 0 Å². The maximum absolute atomic E-state index is 3.54. The molecule has 1 nitrogen and oxygen atoms in total. The van der Waals surface area contributed by atoms with E-state index in [2.05, 4.69) is 36.0 Å². The fourth-order valence-corrected chi connectivity index (χ4v) is 3.43. The van der Waals surface area contributed by atoms with Crippen LogP contribution in [0.4, 0.5) is 0 Å². The van der Waals surface area contributed by atoms with E-state index in [-0.39, 0.29) is 0 Å². The number of hydrogen-bond acceptors (Lipinski definition) is 2. The third-order valence-electron chi connectivity index (χ3n) is 3.35. The maximum Gasteiger partial charge on any atom is -0.00146 e. The zero-order chi connectivity index (χ0) is 10.7. The minimum absolute atomic E-state index is 0.805. The third kappa shape index (κ3) is 2.82. The molecule has 0 radical (unpaired) electrons. The van der Waals surface area contributed by atoms with Gasteiger partial charge in [0.05, 0.1) is 0 Å². The normalized spacial score (nSPS) is 27.1. The second-order valence-corrected chi connectivity index (χ2v) is 5.83. The second-order valence-electron chi connectivity index (χ2n) is 5.05. The van der Waals surface area contributed by atoms with Crippen molar-refractivity contribution >= 4 is 11.3 Å². The molecule has 2 rings (SSSR count). The summed E-state index contributed by atoms with van der Waals surface area (Å²) in [6.45, 7) is 7.06. The fourth-order valence-electron chi connectivity index (χ4n) is 2.70. The first-order chi connectivity index (χ1) is 7.27. The van der Waals surface area contributed by atoms with Crippen molar-refractivity contribution in [3.8, 4) is 0 Å². The Morgan fingerprint density at radius 3 is 3.07 bits per heavy atom. The van der Waals surface area contributed by atoms with E-state index in [0.29, 0.717) is 0 Å². The molecule has 1 aromatic heterocycles. The van der Waals surface area contributed by atoms with Crippen molar-refractivity contribution in [2.24, 2.45) is 11.8 Å². The summed E-state index contributed by atoms with van der Waals surface area (Å²) in [7, 11) is 0. The van der Waals surface area contributed by atoms with Crippen LogP contribution in [-0.4, -0.2) is 13.1 Å². The molecule has 1 fully saturated rings. The molecule has 2 heteroatoms. The van der Waals surface area contributed by atoms with Crippen molar-refractivity contribution in [1.29, 1.82) is 0 Å². The van der Waals surface area contributed by atoms with Crippen molar-refractivity contribution in [3.05, 3.63) is 22.4 Å². The van der Waals surface area contributed by atoms with Crippen LogP contribution in [0.1, 0.15) is 38.2 Å². The summed E-state index contributed by atoms with van der Waals surface area (Å²) in [6.07, 6.45) is 2.67. The van der Waals surface area contributed by atoms with Gasteiger partial charge in [0.1, 0.15) is 0 Å². The lowest BCUT2D eigenvalue weighted by molar-refractivity contribution is 0.280. The number of hydrogen-bond donors (Lipinski definition) is 1. The first-order valence-electron chi connectivity index (χ1n) is 6.00. The molecule has 1 saturated heterocycles. The molecule has 15 heavy (non-hydrogen) atoms. The summed E-state index contributed by atoms with van der Waals surface area (Å²) >= 11 is 1.83. The number of nitrogens with one attached hydrogen (secondary N) is 1. The monoisotopic (exact) mass is 223 g/mol. The largest absolute Gasteiger partial charge is 0.316 e. The van der Waals surface area contributed by atoms with E-state index in [1.807, 2.05) is 11.3 Å². The molecule has 0 spiro atoms. The van der Waals surface area contributed by atoms with Crippen LogP contribution in [0.5, 0.6) is 0 Å². The quantitative estimate of drug-likeness (QED) is 0.827. The Morgan fingerprint density at radius 1 is 1.53 bits per heavy atom. The Hall–Kier alpha value is -0.340. The summed E-state index contributed by atoms with van der Waals surface area (Å²) in [6, 6.07) is 2.31. The highest BCUT2D eigenvalue weighted by molar-refractivity contribution is 7.07. The van der Waals surface area contributed by atoms with Gasteiger partial charge in [-0.3, -0.25) is 0 Å². The van der Waals surface area contributed by atoms with Crippen molar-refractivity contribution in [3.63, 3.8) is 0 Å². The van der Waals surface area contributed by atoms with E-state index in [1.165, 1.54) is 25.9 Å². The minimum Gasteiger partial charge on any atom is -0.316 e. The summed E-state index contributed by atoms with van der Waals surface area (Å²) in [5, 5.41) is 8.08. The number of piperidine rings is 1. The van der Waals surface area contributed by atoms with Crippen LogP contribution in [0.25, 0.3) is 0 Å². The molecule has 0 aliphatic carbocycles. The molecule has 0 aromatic carbocycles. The summed E-state index contributed by atoms with van der Waals surface area (Å²) in [5.41, 5.74) is 1.58. The average molecular weight is 223 g/mol. The SMILES string of the molecule is CC(C)CC1CNCCC1c1ccsc1. The highest BCUT2D eigenvalue weighted by Gasteiger charge is 2.26. The van der Waals surface area contributed by atoms with Gasteiger partial charge in [0.2, 0.25) is 0 Å². The van der Waals surface area contributed by atoms with Crippen molar-refractivity contribution in [2.75, 3.05) is 13.1 Å². The van der Waals surface area contributed by atoms with Gasteiger partial charge < -0.3 is 5.32 Å². The predicted molar refractivity (Wildman–Crippen MR) is 67.5 cm³/mol. The van der Waals surface area contributed by atoms with E-state index >= 15 is 0 Å². The average Bonchev–Trinajstić information content (AvgIpc) is 2.70. The fraction of sp³-hybridized carbons (Fsp3) is 0.692. The van der Waals surface area contributed by atoms with Crippen LogP contribution < -0.4 is 5.32 Å². The molecule has 1 aromatic rings. The number of thiophene rings is 1. The maximum atomic E-state index is 3.54. The Bertz CT molecular complexity index is 279. The Balaban J connectivity index is 2.06. The molecule has 1 aliphatic heterocycles. The van der Waals surface area contributed by atoms with Gasteiger partial charge in [0.15, 0.2) is 0 Å². The molecule has 1 aliphatic rings. The molecule has 0 saturated carbocycles. The number of rotatable bonds is 3. The molecule has 0 bridgehead atoms. The van der Waals surface area contributed by atoms with Gasteiger partial charge in [-0.1, -0.05) is 13.8 Å². The highest BCUT2D eigenvalue weighted by Crippen LogP contribution is 2.34. The standard InChI is InChI=1S/C13H21NS/c1-10(2)7-12-8-14-5-3-13(12)11-4-6-15-9-11/h4,6,9-10,12-14H,3,5,7-8H2,1-2H3. The third-order valence-corrected chi connectivity index (χ3v) is 4.05. The lowest BCUT2D eigenvalue weighted by atomic mass is 9.78. The summed E-state index contributed by atoms with van der Waals surface area (Å²) in [5.74, 6) is 2.46. The molecule has 84 valence electrons. The lowest BCUT2D eigenvalue weighted by Gasteiger charge is -2.33. The van der Waals surface area contributed by atoms with Crippen LogP contribution in [0.3, 0.4) is 0 Å². The first kappa shape index (κ1) is 11.2. The Morgan fingerprint density at radius 2 is 2.40 bits per heavy atom. The smallest absolute Gasteiger partial charge is 0.00146 e. The van der Waals surface area contributed by atoms with Gasteiger partial charge in [-0.05, 0) is 66.1 Å². The molecule has 2 unspecified atom stereocenters. The molecular formula is C13H21NS. The van der Waals surface area contributed by atoms with Gasteiger partial charge in [-0.25, -0.2) is 0 Å². The highest BCUT2D eigenvalue weighted by atomic mass is 32.1. The van der Waals surface area contributed by atoms with Crippen molar-refractivity contribution in [2.45, 2.75) is 32.6 Å². The zero-order valence-electron chi connectivity index (χ0n) is 9.70. The van der Waals surface area contributed by atoms with Gasteiger partial charge in [-0.15, -0.1) is 0 Å². The predicted octanol–water partition coefficient (Wildman–Crippen LogP) is 3.49. The topological polar surface area (TPSA) is 12.0 Å². The van der Waals surface area contributed by atoms with E-state index < -0.39 is 0 Å². The minimum atomic E-state index is 0.805. The molecule has 2 heterocycles. The first-order valence-corrected chi connectivity index (χ1v) is 6.94.